The van der Waals surface area contributed by atoms with Gasteiger partial charge in [-0.25, -0.2) is 14.7 Å². The van der Waals surface area contributed by atoms with Gasteiger partial charge in [-0.15, -0.1) is 0 Å². The Hall–Kier alpha value is -4.63. The summed E-state index contributed by atoms with van der Waals surface area (Å²) in [4.78, 5) is 60.0. The molecule has 1 aromatic heterocycles. The number of carboxylic acids is 1. The van der Waals surface area contributed by atoms with Gasteiger partial charge >= 0.3 is 5.97 Å². The van der Waals surface area contributed by atoms with Gasteiger partial charge in [0.15, 0.2) is 0 Å². The molecule has 4 aromatic rings. The van der Waals surface area contributed by atoms with E-state index in [-0.39, 0.29) is 29.0 Å². The Morgan fingerprint density at radius 3 is 2.40 bits per heavy atom. The number of rotatable bonds is 4. The second-order valence-electron chi connectivity index (χ2n) is 11.2. The Balaban J connectivity index is 1.48. The third-order valence-electron chi connectivity index (χ3n) is 8.46. The van der Waals surface area contributed by atoms with Crippen molar-refractivity contribution >= 4 is 34.4 Å². The van der Waals surface area contributed by atoms with Crippen LogP contribution in [0.15, 0.2) is 77.6 Å². The number of carbonyl (C=O) groups excluding carboxylic acids is 2. The van der Waals surface area contributed by atoms with Gasteiger partial charge in [0.2, 0.25) is 11.8 Å². The second-order valence-corrected chi connectivity index (χ2v) is 11.2. The van der Waals surface area contributed by atoms with Gasteiger partial charge in [0.25, 0.3) is 5.56 Å². The first-order valence-corrected chi connectivity index (χ1v) is 13.3. The molecule has 4 heterocycles. The molecule has 9 nitrogen and oxygen atoms in total. The highest BCUT2D eigenvalue weighted by molar-refractivity contribution is 6.23. The van der Waals surface area contributed by atoms with Crippen LogP contribution in [-0.4, -0.2) is 38.5 Å². The summed E-state index contributed by atoms with van der Waals surface area (Å²) in [6, 6.07) is 20.0. The van der Waals surface area contributed by atoms with Crippen LogP contribution in [0.3, 0.4) is 0 Å². The van der Waals surface area contributed by atoms with Crippen molar-refractivity contribution in [3.05, 3.63) is 100 Å². The van der Waals surface area contributed by atoms with Crippen LogP contribution in [-0.2, 0) is 15.1 Å². The number of hydrogen-bond donors (Lipinski definition) is 2. The van der Waals surface area contributed by atoms with E-state index >= 15 is 0 Å². The van der Waals surface area contributed by atoms with E-state index in [1.807, 2.05) is 30.3 Å². The molecule has 40 heavy (non-hydrogen) atoms. The molecule has 2 fully saturated rings. The van der Waals surface area contributed by atoms with Gasteiger partial charge in [-0.2, -0.15) is 0 Å². The fourth-order valence-corrected chi connectivity index (χ4v) is 6.94. The number of benzene rings is 3. The highest BCUT2D eigenvalue weighted by Gasteiger charge is 2.69. The van der Waals surface area contributed by atoms with Gasteiger partial charge in [-0.05, 0) is 54.8 Å². The molecule has 9 heteroatoms. The van der Waals surface area contributed by atoms with E-state index in [4.69, 9.17) is 4.98 Å². The van der Waals surface area contributed by atoms with Gasteiger partial charge in [0.05, 0.1) is 39.7 Å². The number of hydrogen-bond acceptors (Lipinski definition) is 6. The van der Waals surface area contributed by atoms with Crippen molar-refractivity contribution in [3.63, 3.8) is 0 Å². The average molecular weight is 535 g/mol. The van der Waals surface area contributed by atoms with Crippen molar-refractivity contribution in [2.45, 2.75) is 31.8 Å². The third-order valence-corrected chi connectivity index (χ3v) is 8.46. The number of carboxylic acid groups (broad SMARTS) is 1. The first kappa shape index (κ1) is 24.4. The molecule has 0 aliphatic carbocycles. The minimum Gasteiger partial charge on any atom is -0.478 e. The van der Waals surface area contributed by atoms with Crippen molar-refractivity contribution in [2.24, 2.45) is 17.8 Å². The molecule has 4 atom stereocenters. The number of anilines is 1. The number of amides is 2. The third kappa shape index (κ3) is 3.09. The zero-order valence-corrected chi connectivity index (χ0v) is 21.9. The number of carbonyl (C=O) groups is 3. The minimum atomic E-state index is -1.20. The summed E-state index contributed by atoms with van der Waals surface area (Å²) in [7, 11) is 0. The van der Waals surface area contributed by atoms with E-state index in [2.05, 4.69) is 19.2 Å². The number of nitrogens with one attached hydrogen (secondary N) is 1. The Bertz CT molecular complexity index is 1810. The maximum Gasteiger partial charge on any atom is 0.335 e. The van der Waals surface area contributed by atoms with Crippen LogP contribution in [0.4, 0.5) is 5.69 Å². The number of nitrogens with zero attached hydrogens (tertiary/aromatic N) is 3. The predicted octanol–water partition coefficient (Wildman–Crippen LogP) is 3.46. The summed E-state index contributed by atoms with van der Waals surface area (Å²) >= 11 is 0. The lowest BCUT2D eigenvalue weighted by Crippen LogP contribution is -2.50. The molecule has 200 valence electrons. The van der Waals surface area contributed by atoms with E-state index in [9.17, 15) is 24.3 Å². The van der Waals surface area contributed by atoms with Crippen molar-refractivity contribution < 1.29 is 19.5 Å². The summed E-state index contributed by atoms with van der Waals surface area (Å²) in [5.74, 6) is -2.76. The molecule has 3 aliphatic heterocycles. The van der Waals surface area contributed by atoms with Crippen molar-refractivity contribution in [3.8, 4) is 5.69 Å². The smallest absolute Gasteiger partial charge is 0.335 e. The molecule has 2 N–H and O–H groups in total. The number of imide groups is 1. The van der Waals surface area contributed by atoms with Crippen LogP contribution in [0.2, 0.25) is 0 Å². The Labute approximate surface area is 229 Å². The van der Waals surface area contributed by atoms with Crippen LogP contribution in [0.25, 0.3) is 16.6 Å². The number of aromatic nitrogens is 2. The van der Waals surface area contributed by atoms with Crippen molar-refractivity contribution in [2.75, 3.05) is 4.90 Å². The fourth-order valence-electron chi connectivity index (χ4n) is 6.94. The summed E-state index contributed by atoms with van der Waals surface area (Å²) < 4.78 is 1.58. The van der Waals surface area contributed by atoms with Crippen molar-refractivity contribution in [1.82, 2.24) is 14.9 Å². The lowest BCUT2D eigenvalue weighted by molar-refractivity contribution is -0.123. The topological polar surface area (TPSA) is 122 Å². The molecule has 3 aromatic carbocycles. The molecule has 3 aliphatic rings. The first-order valence-electron chi connectivity index (χ1n) is 13.3. The molecule has 0 saturated carbocycles. The molecule has 0 bridgehead atoms. The molecule has 2 saturated heterocycles. The molecule has 7 rings (SSSR count). The zero-order valence-electron chi connectivity index (χ0n) is 21.9. The first-order chi connectivity index (χ1) is 19.2. The van der Waals surface area contributed by atoms with Crippen LogP contribution < -0.4 is 15.8 Å². The highest BCUT2D eigenvalue weighted by Crippen LogP contribution is 2.56. The molecule has 1 spiro atoms. The summed E-state index contributed by atoms with van der Waals surface area (Å²) in [6.07, 6.45) is 0.633. The van der Waals surface area contributed by atoms with Crippen LogP contribution >= 0.6 is 0 Å². The largest absolute Gasteiger partial charge is 0.478 e. The summed E-state index contributed by atoms with van der Waals surface area (Å²) in [5, 5.41) is 13.5. The van der Waals surface area contributed by atoms with E-state index in [1.165, 1.54) is 29.2 Å². The Morgan fingerprint density at radius 1 is 0.975 bits per heavy atom. The summed E-state index contributed by atoms with van der Waals surface area (Å²) in [5.41, 5.74) is 0.855. The molecule has 2 unspecified atom stereocenters. The van der Waals surface area contributed by atoms with E-state index < -0.39 is 29.3 Å². The van der Waals surface area contributed by atoms with E-state index in [1.54, 1.807) is 22.8 Å². The lowest BCUT2D eigenvalue weighted by Gasteiger charge is -2.32. The van der Waals surface area contributed by atoms with Crippen LogP contribution in [0, 0.1) is 17.8 Å². The molecular formula is C31H26N4O5. The van der Waals surface area contributed by atoms with Gasteiger partial charge in [0.1, 0.15) is 11.4 Å². The number of aromatic carboxylic acids is 1. The standard InChI is InChI=1S/C31H26N4O5/c1-16(2)15-22-24-25(28(38)34(27(24)37)18-13-11-17(12-14-18)29(39)40)31(33-22)20-8-4-6-10-23(20)35-26(36)19-7-3-5-9-21(19)32-30(31)35/h3-14,16,22,24-25,33H,15H2,1-2H3,(H,39,40)/t22?,24-,25+,31?/m0/s1. The molecule has 0 radical (unpaired) electrons. The summed E-state index contributed by atoms with van der Waals surface area (Å²) in [6.45, 7) is 4.14. The second kappa shape index (κ2) is 8.43. The maximum absolute atomic E-state index is 14.4. The fraction of sp³-hybridized carbons (Fsp3) is 0.258. The van der Waals surface area contributed by atoms with Gasteiger partial charge in [0, 0.05) is 11.6 Å². The Kier molecular flexibility index (Phi) is 5.15. The monoisotopic (exact) mass is 534 g/mol. The highest BCUT2D eigenvalue weighted by atomic mass is 16.4. The lowest BCUT2D eigenvalue weighted by atomic mass is 9.75. The number of para-hydroxylation sites is 2. The SMILES string of the molecule is CC(C)CC1NC2(c3ccccc3-n3c2nc2ccccc2c3=O)[C@H]2C(=O)N(c3ccc(C(=O)O)cc3)C(=O)[C@@H]12. The van der Waals surface area contributed by atoms with Crippen LogP contribution in [0.5, 0.6) is 0 Å². The van der Waals surface area contributed by atoms with Gasteiger partial charge in [-0.3, -0.25) is 24.3 Å². The quantitative estimate of drug-likeness (QED) is 0.385. The average Bonchev–Trinajstić information content (AvgIpc) is 3.51. The van der Waals surface area contributed by atoms with Gasteiger partial charge < -0.3 is 5.11 Å². The van der Waals surface area contributed by atoms with Crippen molar-refractivity contribution in [1.29, 1.82) is 0 Å². The van der Waals surface area contributed by atoms with Crippen LogP contribution in [0.1, 0.15) is 42.0 Å². The predicted molar refractivity (Wildman–Crippen MR) is 147 cm³/mol. The maximum atomic E-state index is 14.4. The molecule has 2 amide bonds. The Morgan fingerprint density at radius 2 is 1.68 bits per heavy atom. The minimum absolute atomic E-state index is 0.0629. The molecular weight excluding hydrogens is 508 g/mol. The van der Waals surface area contributed by atoms with Gasteiger partial charge in [-0.1, -0.05) is 44.2 Å². The number of fused-ring (bicyclic) bond motifs is 8. The zero-order chi connectivity index (χ0) is 27.9. The van der Waals surface area contributed by atoms with E-state index in [0.717, 1.165) is 5.56 Å². The normalized spacial score (nSPS) is 24.7. The van der Waals surface area contributed by atoms with E-state index in [0.29, 0.717) is 34.5 Å².